The molecule has 1 aromatic carbocycles. The molecule has 1 aliphatic rings. The highest BCUT2D eigenvalue weighted by Crippen LogP contribution is 2.26. The van der Waals surface area contributed by atoms with Gasteiger partial charge < -0.3 is 9.64 Å². The highest BCUT2D eigenvalue weighted by atomic mass is 79.9. The lowest BCUT2D eigenvalue weighted by Crippen LogP contribution is -2.30. The summed E-state index contributed by atoms with van der Waals surface area (Å²) in [4.78, 5) is 12.9. The molecule has 0 aliphatic carbocycles. The van der Waals surface area contributed by atoms with Gasteiger partial charge in [-0.1, -0.05) is 0 Å². The summed E-state index contributed by atoms with van der Waals surface area (Å²) in [6.45, 7) is 1.86. The van der Waals surface area contributed by atoms with E-state index < -0.39 is 0 Å². The van der Waals surface area contributed by atoms with E-state index in [2.05, 4.69) is 27.9 Å². The number of ether oxygens (including phenoxy) is 1. The van der Waals surface area contributed by atoms with Crippen LogP contribution in [0.3, 0.4) is 0 Å². The topological polar surface area (TPSA) is 29.5 Å². The van der Waals surface area contributed by atoms with E-state index in [4.69, 9.17) is 4.74 Å². The molecule has 0 bridgehead atoms. The van der Waals surface area contributed by atoms with Gasteiger partial charge in [-0.2, -0.15) is 0 Å². The molecule has 1 aromatic rings. The lowest BCUT2D eigenvalue weighted by atomic mass is 10.2. The SMILES string of the molecule is CN1CCC[C@H]1COc1ccc(C=O)cc1Br. The van der Waals surface area contributed by atoms with Crippen LogP contribution in [0, 0.1) is 0 Å². The minimum absolute atomic E-state index is 0.507. The van der Waals surface area contributed by atoms with Crippen molar-refractivity contribution in [2.75, 3.05) is 20.2 Å². The van der Waals surface area contributed by atoms with Gasteiger partial charge in [-0.3, -0.25) is 4.79 Å². The molecule has 0 aromatic heterocycles. The van der Waals surface area contributed by atoms with E-state index in [9.17, 15) is 4.79 Å². The molecule has 0 N–H and O–H groups in total. The van der Waals surface area contributed by atoms with Crippen molar-refractivity contribution in [3.05, 3.63) is 28.2 Å². The second-order valence-electron chi connectivity index (χ2n) is 4.40. The number of hydrogen-bond acceptors (Lipinski definition) is 3. The normalized spacial score (nSPS) is 20.5. The summed E-state index contributed by atoms with van der Waals surface area (Å²) in [5, 5.41) is 0. The second-order valence-corrected chi connectivity index (χ2v) is 5.25. The van der Waals surface area contributed by atoms with Gasteiger partial charge in [0.2, 0.25) is 0 Å². The third-order valence-electron chi connectivity index (χ3n) is 3.19. The quantitative estimate of drug-likeness (QED) is 0.801. The average molecular weight is 298 g/mol. The van der Waals surface area contributed by atoms with Crippen LogP contribution in [0.2, 0.25) is 0 Å². The molecule has 1 atom stereocenters. The van der Waals surface area contributed by atoms with E-state index in [1.807, 2.05) is 6.07 Å². The number of hydrogen-bond donors (Lipinski definition) is 0. The predicted octanol–water partition coefficient (Wildman–Crippen LogP) is 2.73. The van der Waals surface area contributed by atoms with Crippen molar-refractivity contribution in [1.29, 1.82) is 0 Å². The van der Waals surface area contributed by atoms with Crippen molar-refractivity contribution < 1.29 is 9.53 Å². The summed E-state index contributed by atoms with van der Waals surface area (Å²) in [5.74, 6) is 0.802. The van der Waals surface area contributed by atoms with Crippen LogP contribution in [0.1, 0.15) is 23.2 Å². The molecular formula is C13H16BrNO2. The summed E-state index contributed by atoms with van der Waals surface area (Å²) in [5.41, 5.74) is 0.655. The minimum Gasteiger partial charge on any atom is -0.491 e. The van der Waals surface area contributed by atoms with Crippen LogP contribution in [-0.2, 0) is 0 Å². The maximum atomic E-state index is 10.6. The fourth-order valence-electron chi connectivity index (χ4n) is 2.08. The molecule has 4 heteroatoms. The van der Waals surface area contributed by atoms with Crippen LogP contribution in [0.5, 0.6) is 5.75 Å². The average Bonchev–Trinajstić information content (AvgIpc) is 2.73. The number of benzene rings is 1. The molecule has 0 radical (unpaired) electrons. The summed E-state index contributed by atoms with van der Waals surface area (Å²) in [7, 11) is 2.13. The van der Waals surface area contributed by atoms with Crippen molar-refractivity contribution in [2.45, 2.75) is 18.9 Å². The number of rotatable bonds is 4. The minimum atomic E-state index is 0.507. The molecule has 0 unspecified atom stereocenters. The Bertz CT molecular complexity index is 408. The van der Waals surface area contributed by atoms with Crippen LogP contribution in [0.4, 0.5) is 0 Å². The number of carbonyl (C=O) groups excluding carboxylic acids is 1. The first kappa shape index (κ1) is 12.6. The number of aldehydes is 1. The summed E-state index contributed by atoms with van der Waals surface area (Å²) < 4.78 is 6.62. The smallest absolute Gasteiger partial charge is 0.150 e. The Hall–Kier alpha value is -0.870. The highest BCUT2D eigenvalue weighted by molar-refractivity contribution is 9.10. The van der Waals surface area contributed by atoms with Crippen LogP contribution < -0.4 is 4.74 Å². The molecule has 0 amide bonds. The molecule has 1 heterocycles. The first-order valence-electron chi connectivity index (χ1n) is 5.78. The van der Waals surface area contributed by atoms with Gasteiger partial charge in [0.05, 0.1) is 4.47 Å². The Labute approximate surface area is 110 Å². The Morgan fingerprint density at radius 2 is 2.41 bits per heavy atom. The molecule has 0 spiro atoms. The molecule has 1 saturated heterocycles. The van der Waals surface area contributed by atoms with Crippen molar-refractivity contribution in [1.82, 2.24) is 4.90 Å². The number of likely N-dealkylation sites (tertiary alicyclic amines) is 1. The third kappa shape index (κ3) is 3.07. The fourth-order valence-corrected chi connectivity index (χ4v) is 2.59. The Morgan fingerprint density at radius 3 is 3.00 bits per heavy atom. The molecule has 1 aliphatic heterocycles. The van der Waals surface area contributed by atoms with Crippen molar-refractivity contribution >= 4 is 22.2 Å². The lowest BCUT2D eigenvalue weighted by molar-refractivity contribution is 0.112. The molecule has 0 saturated carbocycles. The summed E-state index contributed by atoms with van der Waals surface area (Å²) in [6, 6.07) is 5.89. The van der Waals surface area contributed by atoms with E-state index in [0.717, 1.165) is 23.1 Å². The van der Waals surface area contributed by atoms with E-state index in [1.165, 1.54) is 12.8 Å². The number of nitrogens with zero attached hydrogens (tertiary/aromatic N) is 1. The molecular weight excluding hydrogens is 282 g/mol. The monoisotopic (exact) mass is 297 g/mol. The van der Waals surface area contributed by atoms with Gasteiger partial charge in [0.15, 0.2) is 0 Å². The predicted molar refractivity (Wildman–Crippen MR) is 70.7 cm³/mol. The van der Waals surface area contributed by atoms with Gasteiger partial charge >= 0.3 is 0 Å². The standard InChI is InChI=1S/C13H16BrNO2/c1-15-6-2-3-11(15)9-17-13-5-4-10(8-16)7-12(13)14/h4-5,7-8,11H,2-3,6,9H2,1H3/t11-/m0/s1. The van der Waals surface area contributed by atoms with Crippen LogP contribution in [0.25, 0.3) is 0 Å². The molecule has 2 rings (SSSR count). The van der Waals surface area contributed by atoms with Crippen molar-refractivity contribution in [2.24, 2.45) is 0 Å². The van der Waals surface area contributed by atoms with E-state index in [1.54, 1.807) is 12.1 Å². The molecule has 1 fully saturated rings. The summed E-state index contributed by atoms with van der Waals surface area (Å²) >= 11 is 3.42. The zero-order valence-electron chi connectivity index (χ0n) is 9.86. The zero-order valence-corrected chi connectivity index (χ0v) is 11.4. The van der Waals surface area contributed by atoms with Gasteiger partial charge in [0.1, 0.15) is 18.6 Å². The maximum Gasteiger partial charge on any atom is 0.150 e. The number of carbonyl (C=O) groups is 1. The van der Waals surface area contributed by atoms with Crippen LogP contribution in [-0.4, -0.2) is 37.4 Å². The largest absolute Gasteiger partial charge is 0.491 e. The maximum absolute atomic E-state index is 10.6. The van der Waals surface area contributed by atoms with Gasteiger partial charge in [-0.15, -0.1) is 0 Å². The first-order chi connectivity index (χ1) is 8.20. The Kier molecular flexibility index (Phi) is 4.18. The Balaban J connectivity index is 1.96. The van der Waals surface area contributed by atoms with Crippen LogP contribution >= 0.6 is 15.9 Å². The van der Waals surface area contributed by atoms with E-state index >= 15 is 0 Å². The zero-order chi connectivity index (χ0) is 12.3. The van der Waals surface area contributed by atoms with Crippen LogP contribution in [0.15, 0.2) is 22.7 Å². The van der Waals surface area contributed by atoms with Gasteiger partial charge in [0.25, 0.3) is 0 Å². The Morgan fingerprint density at radius 1 is 1.59 bits per heavy atom. The van der Waals surface area contributed by atoms with E-state index in [-0.39, 0.29) is 0 Å². The molecule has 92 valence electrons. The summed E-state index contributed by atoms with van der Waals surface area (Å²) in [6.07, 6.45) is 3.27. The lowest BCUT2D eigenvalue weighted by Gasteiger charge is -2.20. The number of likely N-dealkylation sites (N-methyl/N-ethyl adjacent to an activating group) is 1. The van der Waals surface area contributed by atoms with Gasteiger partial charge in [-0.25, -0.2) is 0 Å². The highest BCUT2D eigenvalue weighted by Gasteiger charge is 2.21. The molecule has 3 nitrogen and oxygen atoms in total. The van der Waals surface area contributed by atoms with Crippen molar-refractivity contribution in [3.63, 3.8) is 0 Å². The van der Waals surface area contributed by atoms with E-state index in [0.29, 0.717) is 18.2 Å². The van der Waals surface area contributed by atoms with Crippen molar-refractivity contribution in [3.8, 4) is 5.75 Å². The first-order valence-corrected chi connectivity index (χ1v) is 6.58. The number of halogens is 1. The molecule has 17 heavy (non-hydrogen) atoms. The second kappa shape index (κ2) is 5.65. The fraction of sp³-hybridized carbons (Fsp3) is 0.462. The third-order valence-corrected chi connectivity index (χ3v) is 3.81. The van der Waals surface area contributed by atoms with Gasteiger partial charge in [-0.05, 0) is 60.6 Å². The van der Waals surface area contributed by atoms with Gasteiger partial charge in [0, 0.05) is 11.6 Å².